The Morgan fingerprint density at radius 3 is 2.29 bits per heavy atom. The molecular weight excluding hydrogens is 212 g/mol. The molecule has 0 aliphatic heterocycles. The molecule has 0 aliphatic rings. The summed E-state index contributed by atoms with van der Waals surface area (Å²) in [5.41, 5.74) is 5.70. The van der Waals surface area contributed by atoms with Gasteiger partial charge in [-0.15, -0.1) is 0 Å². The first-order valence-corrected chi connectivity index (χ1v) is 7.21. The van der Waals surface area contributed by atoms with Gasteiger partial charge in [-0.1, -0.05) is 19.8 Å². The van der Waals surface area contributed by atoms with E-state index in [1.807, 2.05) is 6.92 Å². The highest BCUT2D eigenvalue weighted by atomic mass is 16.5. The van der Waals surface area contributed by atoms with Gasteiger partial charge in [0.2, 0.25) is 0 Å². The first-order valence-electron chi connectivity index (χ1n) is 7.21. The molecule has 0 aromatic heterocycles. The molecule has 0 spiro atoms. The molecule has 0 rings (SSSR count). The summed E-state index contributed by atoms with van der Waals surface area (Å²) in [7, 11) is 0. The summed E-state index contributed by atoms with van der Waals surface area (Å²) < 4.78 is 5.60. The lowest BCUT2D eigenvalue weighted by atomic mass is 10.2. The van der Waals surface area contributed by atoms with E-state index in [1.54, 1.807) is 0 Å². The van der Waals surface area contributed by atoms with Gasteiger partial charge >= 0.3 is 0 Å². The van der Waals surface area contributed by atoms with Crippen LogP contribution in [0.1, 0.15) is 53.4 Å². The number of ether oxygens (including phenoxy) is 1. The molecule has 0 amide bonds. The van der Waals surface area contributed by atoms with Crippen molar-refractivity contribution in [1.29, 1.82) is 0 Å². The molecule has 0 heterocycles. The lowest BCUT2D eigenvalue weighted by Gasteiger charge is -2.28. The Bertz CT molecular complexity index is 162. The molecule has 0 aromatic carbocycles. The molecular formula is C14H32N2O. The third-order valence-corrected chi connectivity index (χ3v) is 3.18. The summed E-state index contributed by atoms with van der Waals surface area (Å²) in [5.74, 6) is 0. The molecule has 1 atom stereocenters. The van der Waals surface area contributed by atoms with Crippen molar-refractivity contribution in [3.63, 3.8) is 0 Å². The monoisotopic (exact) mass is 244 g/mol. The number of unbranched alkanes of at least 4 members (excludes halogenated alkanes) is 2. The summed E-state index contributed by atoms with van der Waals surface area (Å²) in [6.07, 6.45) is 5.20. The molecule has 0 fully saturated rings. The largest absolute Gasteiger partial charge is 0.377 e. The van der Waals surface area contributed by atoms with E-state index in [1.165, 1.54) is 25.8 Å². The summed E-state index contributed by atoms with van der Waals surface area (Å²) in [5, 5.41) is 0. The highest BCUT2D eigenvalue weighted by Crippen LogP contribution is 2.07. The minimum Gasteiger partial charge on any atom is -0.377 e. The van der Waals surface area contributed by atoms with E-state index in [-0.39, 0.29) is 6.10 Å². The van der Waals surface area contributed by atoms with E-state index in [0.29, 0.717) is 12.6 Å². The standard InChI is InChI=1S/C14H32N2O/c1-5-7-8-10-16(13(3)4)11-9-14(12-15)17-6-2/h13-14H,5-12,15H2,1-4H3. The molecule has 0 aromatic rings. The van der Waals surface area contributed by atoms with Crippen molar-refractivity contribution in [2.45, 2.75) is 65.5 Å². The second-order valence-electron chi connectivity index (χ2n) is 4.94. The zero-order valence-electron chi connectivity index (χ0n) is 12.2. The average Bonchev–Trinajstić information content (AvgIpc) is 2.31. The predicted molar refractivity (Wildman–Crippen MR) is 75.3 cm³/mol. The van der Waals surface area contributed by atoms with Crippen molar-refractivity contribution in [1.82, 2.24) is 4.90 Å². The van der Waals surface area contributed by atoms with Crippen LogP contribution in [-0.2, 0) is 4.74 Å². The average molecular weight is 244 g/mol. The van der Waals surface area contributed by atoms with E-state index in [2.05, 4.69) is 25.7 Å². The normalized spacial score (nSPS) is 13.6. The highest BCUT2D eigenvalue weighted by molar-refractivity contribution is 4.67. The molecule has 2 N–H and O–H groups in total. The van der Waals surface area contributed by atoms with Gasteiger partial charge < -0.3 is 15.4 Å². The Balaban J connectivity index is 3.89. The first kappa shape index (κ1) is 16.9. The van der Waals surface area contributed by atoms with Crippen LogP contribution in [0.25, 0.3) is 0 Å². The van der Waals surface area contributed by atoms with E-state index < -0.39 is 0 Å². The van der Waals surface area contributed by atoms with Crippen molar-refractivity contribution >= 4 is 0 Å². The maximum absolute atomic E-state index is 5.70. The number of nitrogens with two attached hydrogens (primary N) is 1. The number of hydrogen-bond donors (Lipinski definition) is 1. The minimum absolute atomic E-state index is 0.229. The quantitative estimate of drug-likeness (QED) is 0.568. The Labute approximate surface area is 108 Å². The Morgan fingerprint density at radius 1 is 1.12 bits per heavy atom. The molecule has 104 valence electrons. The second-order valence-corrected chi connectivity index (χ2v) is 4.94. The van der Waals surface area contributed by atoms with Crippen molar-refractivity contribution in [2.75, 3.05) is 26.2 Å². The minimum atomic E-state index is 0.229. The molecule has 0 bridgehead atoms. The van der Waals surface area contributed by atoms with Gasteiger partial charge in [-0.05, 0) is 40.2 Å². The topological polar surface area (TPSA) is 38.5 Å². The lowest BCUT2D eigenvalue weighted by molar-refractivity contribution is 0.0511. The van der Waals surface area contributed by atoms with Crippen molar-refractivity contribution in [3.8, 4) is 0 Å². The van der Waals surface area contributed by atoms with E-state index in [4.69, 9.17) is 10.5 Å². The van der Waals surface area contributed by atoms with Gasteiger partial charge in [-0.25, -0.2) is 0 Å². The molecule has 0 saturated heterocycles. The van der Waals surface area contributed by atoms with Crippen LogP contribution < -0.4 is 5.73 Å². The Kier molecular flexibility index (Phi) is 10.9. The number of hydrogen-bond acceptors (Lipinski definition) is 3. The van der Waals surface area contributed by atoms with E-state index >= 15 is 0 Å². The molecule has 0 radical (unpaired) electrons. The molecule has 0 aliphatic carbocycles. The SMILES string of the molecule is CCCCCN(CCC(CN)OCC)C(C)C. The van der Waals surface area contributed by atoms with Crippen LogP contribution in [0.15, 0.2) is 0 Å². The van der Waals surface area contributed by atoms with E-state index in [0.717, 1.165) is 19.6 Å². The lowest BCUT2D eigenvalue weighted by Crippen LogP contribution is -2.36. The molecule has 0 saturated carbocycles. The van der Waals surface area contributed by atoms with Gasteiger partial charge in [0, 0.05) is 25.7 Å². The van der Waals surface area contributed by atoms with Gasteiger partial charge in [0.1, 0.15) is 0 Å². The Morgan fingerprint density at radius 2 is 1.82 bits per heavy atom. The van der Waals surface area contributed by atoms with Crippen molar-refractivity contribution in [3.05, 3.63) is 0 Å². The first-order chi connectivity index (χ1) is 8.15. The molecule has 17 heavy (non-hydrogen) atoms. The fourth-order valence-corrected chi connectivity index (χ4v) is 2.01. The summed E-state index contributed by atoms with van der Waals surface area (Å²) >= 11 is 0. The second kappa shape index (κ2) is 11.0. The molecule has 1 unspecified atom stereocenters. The molecule has 3 nitrogen and oxygen atoms in total. The van der Waals surface area contributed by atoms with Crippen LogP contribution in [0.4, 0.5) is 0 Å². The maximum Gasteiger partial charge on any atom is 0.0709 e. The van der Waals surface area contributed by atoms with Crippen LogP contribution in [0, 0.1) is 0 Å². The maximum atomic E-state index is 5.70. The fraction of sp³-hybridized carbons (Fsp3) is 1.00. The predicted octanol–water partition coefficient (Wildman–Crippen LogP) is 2.64. The van der Waals surface area contributed by atoms with Crippen molar-refractivity contribution < 1.29 is 4.74 Å². The van der Waals surface area contributed by atoms with Gasteiger partial charge in [0.25, 0.3) is 0 Å². The van der Waals surface area contributed by atoms with Crippen LogP contribution in [-0.4, -0.2) is 43.3 Å². The highest BCUT2D eigenvalue weighted by Gasteiger charge is 2.12. The van der Waals surface area contributed by atoms with Crippen LogP contribution in [0.3, 0.4) is 0 Å². The third-order valence-electron chi connectivity index (χ3n) is 3.18. The van der Waals surface area contributed by atoms with E-state index in [9.17, 15) is 0 Å². The molecule has 3 heteroatoms. The van der Waals surface area contributed by atoms with Gasteiger partial charge in [0.05, 0.1) is 6.10 Å². The van der Waals surface area contributed by atoms with Crippen LogP contribution >= 0.6 is 0 Å². The Hall–Kier alpha value is -0.120. The van der Waals surface area contributed by atoms with Crippen molar-refractivity contribution in [2.24, 2.45) is 5.73 Å². The van der Waals surface area contributed by atoms with Gasteiger partial charge in [0.15, 0.2) is 0 Å². The number of nitrogens with zero attached hydrogens (tertiary/aromatic N) is 1. The zero-order chi connectivity index (χ0) is 13.1. The van der Waals surface area contributed by atoms with Crippen LogP contribution in [0.5, 0.6) is 0 Å². The summed E-state index contributed by atoms with van der Waals surface area (Å²) in [6.45, 7) is 12.5. The van der Waals surface area contributed by atoms with Gasteiger partial charge in [-0.3, -0.25) is 0 Å². The summed E-state index contributed by atoms with van der Waals surface area (Å²) in [6, 6.07) is 0.618. The smallest absolute Gasteiger partial charge is 0.0709 e. The van der Waals surface area contributed by atoms with Gasteiger partial charge in [-0.2, -0.15) is 0 Å². The number of rotatable bonds is 11. The third kappa shape index (κ3) is 8.58. The zero-order valence-corrected chi connectivity index (χ0v) is 12.2. The summed E-state index contributed by atoms with van der Waals surface area (Å²) in [4.78, 5) is 2.54. The fourth-order valence-electron chi connectivity index (χ4n) is 2.01. The van der Waals surface area contributed by atoms with Crippen LogP contribution in [0.2, 0.25) is 0 Å².